The third kappa shape index (κ3) is 3.79. The topological polar surface area (TPSA) is 82.2 Å². The van der Waals surface area contributed by atoms with Crippen LogP contribution in [0, 0.1) is 0 Å². The maximum absolute atomic E-state index is 12.3. The largest absolute Gasteiger partial charge is 0.347 e. The van der Waals surface area contributed by atoms with Gasteiger partial charge in [0.2, 0.25) is 11.7 Å². The summed E-state index contributed by atoms with van der Waals surface area (Å²) in [5, 5.41) is 6.73. The molecule has 7 heteroatoms. The third-order valence-corrected chi connectivity index (χ3v) is 2.88. The van der Waals surface area contributed by atoms with E-state index in [1.807, 2.05) is 27.7 Å². The van der Waals surface area contributed by atoms with Crippen LogP contribution in [-0.2, 0) is 10.2 Å². The van der Waals surface area contributed by atoms with Crippen molar-refractivity contribution >= 4 is 11.8 Å². The van der Waals surface area contributed by atoms with Crippen LogP contribution in [0.1, 0.15) is 44.1 Å². The van der Waals surface area contributed by atoms with Crippen LogP contribution >= 0.6 is 0 Å². The van der Waals surface area contributed by atoms with Crippen molar-refractivity contribution in [2.24, 2.45) is 0 Å². The van der Waals surface area contributed by atoms with Gasteiger partial charge in [-0.05, 0) is 6.92 Å². The predicted molar refractivity (Wildman–Crippen MR) is 75.4 cm³/mol. The first-order chi connectivity index (χ1) is 9.16. The highest BCUT2D eigenvalue weighted by Gasteiger charge is 2.25. The average Bonchev–Trinajstić information content (AvgIpc) is 2.83. The van der Waals surface area contributed by atoms with Crippen LogP contribution in [0.5, 0.6) is 0 Å². The van der Waals surface area contributed by atoms with Gasteiger partial charge in [-0.25, -0.2) is 4.98 Å². The highest BCUT2D eigenvalue weighted by Crippen LogP contribution is 2.17. The highest BCUT2D eigenvalue weighted by molar-refractivity contribution is 5.93. The summed E-state index contributed by atoms with van der Waals surface area (Å²) in [4.78, 5) is 31.1. The number of carbonyl (C=O) groups is 2. The number of rotatable bonds is 4. The fraction of sp³-hybridized carbons (Fsp3) is 0.692. The van der Waals surface area contributed by atoms with Gasteiger partial charge in [0.25, 0.3) is 5.91 Å². The lowest BCUT2D eigenvalue weighted by atomic mass is 9.96. The van der Waals surface area contributed by atoms with E-state index in [-0.39, 0.29) is 29.6 Å². The molecule has 0 aliphatic carbocycles. The van der Waals surface area contributed by atoms with Crippen molar-refractivity contribution < 1.29 is 9.59 Å². The molecule has 0 unspecified atom stereocenters. The fourth-order valence-electron chi connectivity index (χ4n) is 1.47. The van der Waals surface area contributed by atoms with E-state index in [1.165, 1.54) is 9.80 Å². The summed E-state index contributed by atoms with van der Waals surface area (Å²) in [6.07, 6.45) is 0. The zero-order chi connectivity index (χ0) is 15.5. The Balaban J connectivity index is 2.86. The monoisotopic (exact) mass is 281 g/mol. The molecule has 0 aliphatic rings. The predicted octanol–water partition coefficient (Wildman–Crippen LogP) is 0.652. The molecule has 1 rings (SSSR count). The van der Waals surface area contributed by atoms with E-state index in [0.29, 0.717) is 12.4 Å². The summed E-state index contributed by atoms with van der Waals surface area (Å²) in [6, 6.07) is 0. The molecule has 1 aromatic rings. The van der Waals surface area contributed by atoms with Gasteiger partial charge in [-0.2, -0.15) is 0 Å². The number of likely N-dealkylation sites (N-methyl/N-ethyl adjacent to an activating group) is 2. The molecule has 0 bridgehead atoms. The molecular formula is C13H23N5O2. The molecular weight excluding hydrogens is 258 g/mol. The van der Waals surface area contributed by atoms with Gasteiger partial charge in [-0.3, -0.25) is 14.7 Å². The number of hydrogen-bond donors (Lipinski definition) is 1. The van der Waals surface area contributed by atoms with E-state index in [1.54, 1.807) is 14.1 Å². The van der Waals surface area contributed by atoms with Gasteiger partial charge < -0.3 is 9.80 Å². The first-order valence-corrected chi connectivity index (χ1v) is 6.59. The highest BCUT2D eigenvalue weighted by atomic mass is 16.2. The molecule has 1 N–H and O–H groups in total. The van der Waals surface area contributed by atoms with E-state index in [9.17, 15) is 9.59 Å². The zero-order valence-corrected chi connectivity index (χ0v) is 13.0. The molecule has 112 valence electrons. The molecule has 0 radical (unpaired) electrons. The maximum atomic E-state index is 12.3. The number of H-pyrrole nitrogens is 1. The van der Waals surface area contributed by atoms with Gasteiger partial charge in [0.15, 0.2) is 0 Å². The minimum atomic E-state index is -0.338. The minimum Gasteiger partial charge on any atom is -0.347 e. The Labute approximate surface area is 119 Å². The second kappa shape index (κ2) is 6.02. The molecule has 7 nitrogen and oxygen atoms in total. The third-order valence-electron chi connectivity index (χ3n) is 2.88. The van der Waals surface area contributed by atoms with Crippen LogP contribution in [-0.4, -0.2) is 64.0 Å². The lowest BCUT2D eigenvalue weighted by molar-refractivity contribution is -0.129. The Morgan fingerprint density at radius 3 is 2.25 bits per heavy atom. The molecule has 0 atom stereocenters. The Morgan fingerprint density at radius 1 is 1.25 bits per heavy atom. The van der Waals surface area contributed by atoms with Crippen molar-refractivity contribution in [3.05, 3.63) is 11.6 Å². The molecule has 2 amide bonds. The quantitative estimate of drug-likeness (QED) is 0.878. The van der Waals surface area contributed by atoms with Gasteiger partial charge in [-0.1, -0.05) is 20.8 Å². The fourth-order valence-corrected chi connectivity index (χ4v) is 1.47. The number of amides is 2. The Hall–Kier alpha value is -1.92. The van der Waals surface area contributed by atoms with Crippen molar-refractivity contribution in [3.63, 3.8) is 0 Å². The Kier molecular flexibility index (Phi) is 4.86. The first kappa shape index (κ1) is 16.1. The zero-order valence-electron chi connectivity index (χ0n) is 13.0. The molecule has 0 aliphatic heterocycles. The van der Waals surface area contributed by atoms with Crippen LogP contribution in [0.3, 0.4) is 0 Å². The van der Waals surface area contributed by atoms with E-state index in [0.717, 1.165) is 0 Å². The smallest absolute Gasteiger partial charge is 0.293 e. The summed E-state index contributed by atoms with van der Waals surface area (Å²) in [7, 11) is 3.32. The lowest BCUT2D eigenvalue weighted by Crippen LogP contribution is -2.40. The summed E-state index contributed by atoms with van der Waals surface area (Å²) >= 11 is 0. The summed E-state index contributed by atoms with van der Waals surface area (Å²) in [6.45, 7) is 8.22. The van der Waals surface area contributed by atoms with Crippen molar-refractivity contribution in [1.82, 2.24) is 25.0 Å². The molecule has 0 spiro atoms. The van der Waals surface area contributed by atoms with Crippen molar-refractivity contribution in [2.75, 3.05) is 27.2 Å². The van der Waals surface area contributed by atoms with E-state index >= 15 is 0 Å². The second-order valence-corrected chi connectivity index (χ2v) is 5.87. The van der Waals surface area contributed by atoms with Crippen LogP contribution < -0.4 is 0 Å². The number of carbonyl (C=O) groups excluding carboxylic acids is 2. The summed E-state index contributed by atoms with van der Waals surface area (Å²) < 4.78 is 0. The molecule has 20 heavy (non-hydrogen) atoms. The standard InChI is InChI=1S/C13H23N5O2/c1-7-18(8-9(19)17(5)6)11(20)10-14-12(16-15-10)13(2,3)4/h7-8H2,1-6H3,(H,14,15,16). The van der Waals surface area contributed by atoms with Crippen LogP contribution in [0.4, 0.5) is 0 Å². The summed E-state index contributed by atoms with van der Waals surface area (Å²) in [5.41, 5.74) is -0.206. The molecule has 0 fully saturated rings. The van der Waals surface area contributed by atoms with Crippen LogP contribution in [0.15, 0.2) is 0 Å². The number of nitrogens with zero attached hydrogens (tertiary/aromatic N) is 4. The van der Waals surface area contributed by atoms with E-state index < -0.39 is 0 Å². The minimum absolute atomic E-state index is 0.0295. The normalized spacial score (nSPS) is 11.3. The van der Waals surface area contributed by atoms with E-state index in [4.69, 9.17) is 0 Å². The Bertz CT molecular complexity index is 487. The van der Waals surface area contributed by atoms with Crippen LogP contribution in [0.2, 0.25) is 0 Å². The average molecular weight is 281 g/mol. The SMILES string of the molecule is CCN(CC(=O)N(C)C)C(=O)c1n[nH]c(C(C)(C)C)n1. The first-order valence-electron chi connectivity index (χ1n) is 6.59. The molecule has 1 heterocycles. The summed E-state index contributed by atoms with van der Waals surface area (Å²) in [5.74, 6) is 0.278. The molecule has 0 aromatic carbocycles. The van der Waals surface area contributed by atoms with Gasteiger partial charge >= 0.3 is 0 Å². The molecule has 0 saturated heterocycles. The molecule has 0 saturated carbocycles. The van der Waals surface area contributed by atoms with Crippen molar-refractivity contribution in [2.45, 2.75) is 33.1 Å². The van der Waals surface area contributed by atoms with Gasteiger partial charge in [0, 0.05) is 26.1 Å². The van der Waals surface area contributed by atoms with Crippen molar-refractivity contribution in [3.8, 4) is 0 Å². The number of hydrogen-bond acceptors (Lipinski definition) is 4. The van der Waals surface area contributed by atoms with Gasteiger partial charge in [0.05, 0.1) is 0 Å². The van der Waals surface area contributed by atoms with E-state index in [2.05, 4.69) is 15.2 Å². The maximum Gasteiger partial charge on any atom is 0.293 e. The Morgan fingerprint density at radius 2 is 1.85 bits per heavy atom. The lowest BCUT2D eigenvalue weighted by Gasteiger charge is -2.20. The van der Waals surface area contributed by atoms with Crippen LogP contribution in [0.25, 0.3) is 0 Å². The van der Waals surface area contributed by atoms with Gasteiger partial charge in [0.1, 0.15) is 12.4 Å². The van der Waals surface area contributed by atoms with Crippen molar-refractivity contribution in [1.29, 1.82) is 0 Å². The number of aromatic amines is 1. The molecule has 1 aromatic heterocycles. The number of aromatic nitrogens is 3. The second-order valence-electron chi connectivity index (χ2n) is 5.87. The number of nitrogens with one attached hydrogen (secondary N) is 1. The van der Waals surface area contributed by atoms with Gasteiger partial charge in [-0.15, -0.1) is 5.10 Å².